The number of anilines is 1. The van der Waals surface area contributed by atoms with E-state index in [1.54, 1.807) is 13.1 Å². The van der Waals surface area contributed by atoms with Gasteiger partial charge in [-0.05, 0) is 62.2 Å². The molecule has 1 amide bonds. The lowest BCUT2D eigenvalue weighted by molar-refractivity contribution is 0.0363. The number of carbonyl (C=O) groups is 1. The van der Waals surface area contributed by atoms with Gasteiger partial charge >= 0.3 is 0 Å². The lowest BCUT2D eigenvalue weighted by Gasteiger charge is -2.28. The van der Waals surface area contributed by atoms with Gasteiger partial charge in [0.15, 0.2) is 0 Å². The van der Waals surface area contributed by atoms with Gasteiger partial charge in [0.2, 0.25) is 0 Å². The third-order valence-corrected chi connectivity index (χ3v) is 6.92. The Hall–Kier alpha value is -2.73. The number of nitrogen functional groups attached to an aromatic ring is 1. The summed E-state index contributed by atoms with van der Waals surface area (Å²) in [6.07, 6.45) is 0.105. The van der Waals surface area contributed by atoms with Gasteiger partial charge in [-0.2, -0.15) is 0 Å². The second kappa shape index (κ2) is 12.9. The summed E-state index contributed by atoms with van der Waals surface area (Å²) in [6.45, 7) is 0.290. The third kappa shape index (κ3) is 6.82. The maximum Gasteiger partial charge on any atom is 0.254 e. The van der Waals surface area contributed by atoms with Crippen molar-refractivity contribution in [2.45, 2.75) is 43.5 Å². The Morgan fingerprint density at radius 3 is 2.66 bits per heavy atom. The lowest BCUT2D eigenvalue weighted by Crippen LogP contribution is -2.35. The van der Waals surface area contributed by atoms with Crippen LogP contribution in [0.15, 0.2) is 47.1 Å². The number of amides is 1. The van der Waals surface area contributed by atoms with Crippen LogP contribution in [0.4, 0.5) is 19.0 Å². The minimum absolute atomic E-state index is 0. The van der Waals surface area contributed by atoms with Crippen molar-refractivity contribution in [1.82, 2.24) is 20.6 Å². The Bertz CT molecular complexity index is 1280. The number of aliphatic hydroxyl groups is 1. The fourth-order valence-electron chi connectivity index (χ4n) is 4.50. The quantitative estimate of drug-likeness (QED) is 0.303. The summed E-state index contributed by atoms with van der Waals surface area (Å²) in [6, 6.07) is 7.65. The Kier molecular flexibility index (Phi) is 10.1. The number of nitrogens with two attached hydrogens (primary N) is 1. The molecular weight excluding hydrogens is 587 g/mol. The fourth-order valence-corrected chi connectivity index (χ4v) is 4.99. The van der Waals surface area contributed by atoms with Crippen LogP contribution in [-0.4, -0.2) is 46.8 Å². The van der Waals surface area contributed by atoms with Crippen molar-refractivity contribution in [2.24, 2.45) is 0 Å². The molecule has 4 unspecified atom stereocenters. The first-order valence-electron chi connectivity index (χ1n) is 11.8. The molecule has 4 atom stereocenters. The minimum atomic E-state index is -1.35. The van der Waals surface area contributed by atoms with Gasteiger partial charge in [0.1, 0.15) is 29.3 Å². The molecule has 204 valence electrons. The number of carbonyl (C=O) groups excluding carboxylic acids is 1. The highest BCUT2D eigenvalue weighted by Crippen LogP contribution is 2.35. The summed E-state index contributed by atoms with van der Waals surface area (Å²) in [7, 11) is 1.69. The number of nitrogens with one attached hydrogen (secondary N) is 2. The van der Waals surface area contributed by atoms with Gasteiger partial charge in [-0.3, -0.25) is 4.79 Å². The summed E-state index contributed by atoms with van der Waals surface area (Å²) in [5.74, 6) is -2.12. The van der Waals surface area contributed by atoms with Crippen molar-refractivity contribution in [3.63, 3.8) is 0 Å². The molecule has 1 fully saturated rings. The summed E-state index contributed by atoms with van der Waals surface area (Å²) < 4.78 is 43.6. The lowest BCUT2D eigenvalue weighted by atomic mass is 9.84. The van der Waals surface area contributed by atoms with Crippen molar-refractivity contribution in [2.75, 3.05) is 19.3 Å². The van der Waals surface area contributed by atoms with E-state index in [9.17, 15) is 18.7 Å². The third-order valence-electron chi connectivity index (χ3n) is 6.46. The Morgan fingerprint density at radius 2 is 2.00 bits per heavy atom. The molecule has 4 rings (SSSR count). The largest absolute Gasteiger partial charge is 0.390 e. The number of aromatic nitrogens is 2. The number of hydrogen-bond donors (Lipinski definition) is 4. The van der Waals surface area contributed by atoms with E-state index in [0.717, 1.165) is 6.07 Å². The summed E-state index contributed by atoms with van der Waals surface area (Å²) >= 11 is 3.24. The molecule has 1 aromatic heterocycles. The zero-order valence-corrected chi connectivity index (χ0v) is 22.8. The number of nitrogens with zero attached hydrogens (tertiary/aromatic N) is 2. The number of halogens is 5. The van der Waals surface area contributed by atoms with Crippen LogP contribution in [0.25, 0.3) is 11.3 Å². The van der Waals surface area contributed by atoms with Crippen molar-refractivity contribution in [3.05, 3.63) is 75.5 Å². The van der Waals surface area contributed by atoms with Gasteiger partial charge < -0.3 is 21.5 Å². The topological polar surface area (TPSA) is 113 Å². The van der Waals surface area contributed by atoms with Crippen molar-refractivity contribution in [1.29, 1.82) is 0 Å². The second-order valence-electron chi connectivity index (χ2n) is 9.10. The number of alkyl halides is 1. The van der Waals surface area contributed by atoms with Crippen LogP contribution in [0, 0.1) is 11.6 Å². The predicted molar refractivity (Wildman–Crippen MR) is 145 cm³/mol. The van der Waals surface area contributed by atoms with Crippen molar-refractivity contribution >= 4 is 40.1 Å². The fraction of sp³-hybridized carbons (Fsp3) is 0.346. The average Bonchev–Trinajstić information content (AvgIpc) is 2.85. The molecule has 3 aromatic rings. The molecule has 7 nitrogen and oxygen atoms in total. The first-order valence-corrected chi connectivity index (χ1v) is 12.6. The minimum Gasteiger partial charge on any atom is -0.390 e. The van der Waals surface area contributed by atoms with Crippen LogP contribution in [0.2, 0.25) is 0 Å². The van der Waals surface area contributed by atoms with E-state index in [-0.39, 0.29) is 48.4 Å². The second-order valence-corrected chi connectivity index (χ2v) is 10.0. The highest BCUT2D eigenvalue weighted by atomic mass is 79.9. The van der Waals surface area contributed by atoms with Crippen molar-refractivity contribution in [3.8, 4) is 11.3 Å². The molecule has 12 heteroatoms. The Labute approximate surface area is 233 Å². The molecule has 1 saturated carbocycles. The van der Waals surface area contributed by atoms with E-state index >= 15 is 4.39 Å². The zero-order chi connectivity index (χ0) is 26.7. The normalized spacial score (nSPS) is 19.9. The van der Waals surface area contributed by atoms with E-state index in [1.807, 2.05) is 0 Å². The Balaban J connectivity index is 0.00000400. The average molecular weight is 615 g/mol. The highest BCUT2D eigenvalue weighted by Gasteiger charge is 2.31. The van der Waals surface area contributed by atoms with Crippen LogP contribution in [0.5, 0.6) is 0 Å². The first-order chi connectivity index (χ1) is 17.7. The van der Waals surface area contributed by atoms with Crippen LogP contribution in [0.3, 0.4) is 0 Å². The molecule has 1 aliphatic carbocycles. The van der Waals surface area contributed by atoms with Crippen LogP contribution < -0.4 is 16.4 Å². The monoisotopic (exact) mass is 613 g/mol. The van der Waals surface area contributed by atoms with Gasteiger partial charge in [0.25, 0.3) is 5.91 Å². The molecule has 0 radical (unpaired) electrons. The standard InChI is InChI=1S/C26H27BrF3N5O2.ClH/c1-32-11-21(15-6-16(27)10-17(28)7-15)35-26(37)18-4-2-14(9-19(18)29)24-25(31)33-12-22(34-24)13-3-5-23(36)20(30)8-13;/h2,4,6-7,9-10,12-13,20-21,23,32,36H,3,5,8,11H2,1H3,(H2,31,33)(H,35,37);1H. The molecular formula is C26H28BrClF3N5O2. The van der Waals surface area contributed by atoms with Gasteiger partial charge in [-0.1, -0.05) is 22.0 Å². The number of aliphatic hydroxyl groups excluding tert-OH is 1. The zero-order valence-electron chi connectivity index (χ0n) is 20.4. The molecule has 0 saturated heterocycles. The van der Waals surface area contributed by atoms with Crippen LogP contribution in [0.1, 0.15) is 52.8 Å². The molecule has 1 heterocycles. The van der Waals surface area contributed by atoms with Gasteiger partial charge in [0, 0.05) is 22.5 Å². The van der Waals surface area contributed by atoms with Crippen molar-refractivity contribution < 1.29 is 23.1 Å². The molecule has 0 aliphatic heterocycles. The maximum absolute atomic E-state index is 15.1. The molecule has 0 spiro atoms. The van der Waals surface area contributed by atoms with Crippen LogP contribution >= 0.6 is 28.3 Å². The van der Waals surface area contributed by atoms with E-state index < -0.39 is 35.9 Å². The first kappa shape index (κ1) is 29.8. The number of rotatable bonds is 7. The van der Waals surface area contributed by atoms with Gasteiger partial charge in [-0.25, -0.2) is 23.1 Å². The van der Waals surface area contributed by atoms with E-state index in [1.165, 1.54) is 30.5 Å². The summed E-state index contributed by atoms with van der Waals surface area (Å²) in [5.41, 5.74) is 7.36. The molecule has 1 aliphatic rings. The summed E-state index contributed by atoms with van der Waals surface area (Å²) in [4.78, 5) is 21.6. The SMILES string of the molecule is CNCC(NC(=O)c1ccc(-c2nc(C3CCC(O)C(F)C3)cnc2N)cc1F)c1cc(F)cc(Br)c1.Cl. The number of likely N-dealkylation sites (N-methyl/N-ethyl adjacent to an activating group) is 1. The molecule has 5 N–H and O–H groups in total. The summed E-state index contributed by atoms with van der Waals surface area (Å²) in [5, 5.41) is 15.3. The van der Waals surface area contributed by atoms with Gasteiger partial charge in [0.05, 0.1) is 29.6 Å². The van der Waals surface area contributed by atoms with Gasteiger partial charge in [-0.15, -0.1) is 12.4 Å². The Morgan fingerprint density at radius 1 is 1.24 bits per heavy atom. The molecule has 38 heavy (non-hydrogen) atoms. The smallest absolute Gasteiger partial charge is 0.254 e. The maximum atomic E-state index is 15.1. The highest BCUT2D eigenvalue weighted by molar-refractivity contribution is 9.10. The number of hydrogen-bond acceptors (Lipinski definition) is 6. The molecule has 2 aromatic carbocycles. The molecule has 0 bridgehead atoms. The van der Waals surface area contributed by atoms with E-state index in [2.05, 4.69) is 36.5 Å². The van der Waals surface area contributed by atoms with E-state index in [0.29, 0.717) is 34.1 Å². The predicted octanol–water partition coefficient (Wildman–Crippen LogP) is 4.85. The number of benzene rings is 2. The van der Waals surface area contributed by atoms with E-state index in [4.69, 9.17) is 5.73 Å². The van der Waals surface area contributed by atoms with Crippen LogP contribution in [-0.2, 0) is 0 Å².